The highest BCUT2D eigenvalue weighted by Crippen LogP contribution is 2.27. The van der Waals surface area contributed by atoms with Gasteiger partial charge in [0.1, 0.15) is 24.4 Å². The highest BCUT2D eigenvalue weighted by molar-refractivity contribution is 5.80. The fourth-order valence-corrected chi connectivity index (χ4v) is 11.8. The van der Waals surface area contributed by atoms with Crippen LogP contribution in [0.4, 0.5) is 0 Å². The molecule has 1 aliphatic rings. The third-order valence-electron chi connectivity index (χ3n) is 17.7. The number of hydrogen-bond acceptors (Lipinski definition) is 10. The maximum Gasteiger partial charge on any atom is 0.306 e. The number of aliphatic hydroxyl groups excluding tert-OH is 5. The van der Waals surface area contributed by atoms with Crippen LogP contribution in [0.2, 0.25) is 0 Å². The zero-order valence-electron chi connectivity index (χ0n) is 56.9. The van der Waals surface area contributed by atoms with Crippen molar-refractivity contribution in [1.82, 2.24) is 5.32 Å². The molecule has 0 aromatic carbocycles. The second-order valence-electron chi connectivity index (χ2n) is 26.0. The summed E-state index contributed by atoms with van der Waals surface area (Å²) in [4.78, 5) is 26.7. The number of hydrogen-bond donors (Lipinski definition) is 6. The fraction of sp³-hybridized carbons (Fsp3) is 0.868. The first-order valence-electron chi connectivity index (χ1n) is 37.4. The topological polar surface area (TPSA) is 175 Å². The van der Waals surface area contributed by atoms with E-state index < -0.39 is 67.4 Å². The van der Waals surface area contributed by atoms with Crippen LogP contribution in [0.5, 0.6) is 0 Å². The van der Waals surface area contributed by atoms with Crippen LogP contribution in [0.3, 0.4) is 0 Å². The van der Waals surface area contributed by atoms with Gasteiger partial charge in [-0.2, -0.15) is 0 Å². The molecule has 1 heterocycles. The van der Waals surface area contributed by atoms with E-state index in [9.17, 15) is 35.1 Å². The van der Waals surface area contributed by atoms with Crippen molar-refractivity contribution in [2.45, 2.75) is 410 Å². The molecule has 1 rings (SSSR count). The third-order valence-corrected chi connectivity index (χ3v) is 17.7. The summed E-state index contributed by atoms with van der Waals surface area (Å²) in [5.74, 6) is -1.19. The fourth-order valence-electron chi connectivity index (χ4n) is 11.8. The molecule has 87 heavy (non-hydrogen) atoms. The Balaban J connectivity index is 2.50. The number of esters is 1. The Bertz CT molecular complexity index is 1600. The number of nitrogens with one attached hydrogen (secondary N) is 1. The Morgan fingerprint density at radius 2 is 0.793 bits per heavy atom. The molecule has 0 aliphatic carbocycles. The van der Waals surface area contributed by atoms with Gasteiger partial charge in [0, 0.05) is 6.42 Å². The Kier molecular flexibility index (Phi) is 60.6. The maximum atomic E-state index is 13.5. The zero-order valence-corrected chi connectivity index (χ0v) is 56.9. The Morgan fingerprint density at radius 3 is 1.21 bits per heavy atom. The summed E-state index contributed by atoms with van der Waals surface area (Å²) < 4.78 is 17.7. The first-order valence-corrected chi connectivity index (χ1v) is 37.4. The molecule has 8 unspecified atom stereocenters. The number of allylic oxidation sites excluding steroid dienone is 7. The molecule has 11 heteroatoms. The average Bonchev–Trinajstić information content (AvgIpc) is 1.56. The molecule has 0 saturated carbocycles. The summed E-state index contributed by atoms with van der Waals surface area (Å²) >= 11 is 0. The van der Waals surface area contributed by atoms with E-state index in [4.69, 9.17) is 14.2 Å². The minimum Gasteiger partial charge on any atom is -0.454 e. The Morgan fingerprint density at radius 1 is 0.448 bits per heavy atom. The van der Waals surface area contributed by atoms with E-state index in [1.807, 2.05) is 6.08 Å². The molecule has 0 spiro atoms. The molecule has 1 fully saturated rings. The van der Waals surface area contributed by atoms with E-state index in [1.54, 1.807) is 6.08 Å². The van der Waals surface area contributed by atoms with Crippen molar-refractivity contribution in [2.75, 3.05) is 13.2 Å². The van der Waals surface area contributed by atoms with Gasteiger partial charge >= 0.3 is 5.97 Å². The number of rotatable bonds is 65. The molecule has 1 amide bonds. The van der Waals surface area contributed by atoms with Crippen molar-refractivity contribution >= 4 is 11.9 Å². The van der Waals surface area contributed by atoms with Crippen molar-refractivity contribution in [3.05, 3.63) is 48.6 Å². The van der Waals surface area contributed by atoms with Crippen LogP contribution in [-0.4, -0.2) is 99.6 Å². The van der Waals surface area contributed by atoms with Gasteiger partial charge in [-0.05, 0) is 64.2 Å². The van der Waals surface area contributed by atoms with Gasteiger partial charge in [0.15, 0.2) is 12.4 Å². The Hall–Kier alpha value is -2.38. The lowest BCUT2D eigenvalue weighted by atomic mass is 9.99. The van der Waals surface area contributed by atoms with E-state index in [1.165, 1.54) is 231 Å². The average molecular weight is 1230 g/mol. The van der Waals surface area contributed by atoms with Gasteiger partial charge in [-0.15, -0.1) is 0 Å². The molecule has 1 aliphatic heterocycles. The predicted molar refractivity (Wildman–Crippen MR) is 366 cm³/mol. The van der Waals surface area contributed by atoms with Crippen molar-refractivity contribution in [2.24, 2.45) is 0 Å². The van der Waals surface area contributed by atoms with E-state index in [2.05, 4.69) is 62.5 Å². The first-order chi connectivity index (χ1) is 42.7. The molecule has 1 saturated heterocycles. The van der Waals surface area contributed by atoms with Crippen molar-refractivity contribution in [1.29, 1.82) is 0 Å². The number of carbonyl (C=O) groups excluding carboxylic acids is 2. The highest BCUT2D eigenvalue weighted by Gasteiger charge is 2.47. The molecule has 0 radical (unpaired) electrons. The standard InChI is InChI=1S/C76H141NO10/c1-4-7-10-13-16-19-22-24-26-28-30-32-33-34-35-36-37-38-40-42-44-46-49-52-55-58-61-64-71(81)87-74-73(83)72(82)70(65-78)86-76(74)85-66-67(68(79)62-59-56-53-50-47-21-18-15-12-9-6-3)77-75(84)69(80)63-60-57-54-51-48-45-43-41-39-31-29-27-25-23-20-17-14-11-8-5-2/h17,20,25,27,31,39,59,62,67-70,72-74,76,78-80,82-83H,4-16,18-19,21-24,26,28-30,32-38,40-58,60-61,63-66H2,1-3H3,(H,77,84)/b20-17-,27-25-,39-31-,62-59+. The largest absolute Gasteiger partial charge is 0.454 e. The second-order valence-corrected chi connectivity index (χ2v) is 26.0. The van der Waals surface area contributed by atoms with E-state index >= 15 is 0 Å². The minimum atomic E-state index is -1.61. The van der Waals surface area contributed by atoms with Crippen LogP contribution in [0.1, 0.15) is 361 Å². The zero-order chi connectivity index (χ0) is 63.1. The number of carbonyl (C=O) groups is 2. The van der Waals surface area contributed by atoms with Gasteiger partial charge in [-0.1, -0.05) is 339 Å². The molecular weight excluding hydrogens is 1090 g/mol. The van der Waals surface area contributed by atoms with Crippen LogP contribution < -0.4 is 5.32 Å². The lowest BCUT2D eigenvalue weighted by molar-refractivity contribution is -0.305. The van der Waals surface area contributed by atoms with Crippen molar-refractivity contribution in [3.8, 4) is 0 Å². The molecule has 510 valence electrons. The van der Waals surface area contributed by atoms with Gasteiger partial charge in [-0.25, -0.2) is 0 Å². The summed E-state index contributed by atoms with van der Waals surface area (Å²) in [6.45, 7) is 5.81. The summed E-state index contributed by atoms with van der Waals surface area (Å²) in [6.07, 6.45) is 70.3. The van der Waals surface area contributed by atoms with Crippen molar-refractivity contribution in [3.63, 3.8) is 0 Å². The highest BCUT2D eigenvalue weighted by atomic mass is 16.7. The number of amides is 1. The number of aliphatic hydroxyl groups is 5. The lowest BCUT2D eigenvalue weighted by Crippen LogP contribution is -2.61. The molecule has 0 aromatic rings. The normalized spacial score (nSPS) is 18.5. The lowest BCUT2D eigenvalue weighted by Gasteiger charge is -2.41. The monoisotopic (exact) mass is 1230 g/mol. The van der Waals surface area contributed by atoms with Crippen LogP contribution in [0.25, 0.3) is 0 Å². The summed E-state index contributed by atoms with van der Waals surface area (Å²) in [7, 11) is 0. The number of ether oxygens (including phenoxy) is 3. The smallest absolute Gasteiger partial charge is 0.306 e. The minimum absolute atomic E-state index is 0.127. The van der Waals surface area contributed by atoms with E-state index in [0.29, 0.717) is 12.8 Å². The van der Waals surface area contributed by atoms with Gasteiger partial charge in [0.25, 0.3) is 0 Å². The molecule has 6 N–H and O–H groups in total. The van der Waals surface area contributed by atoms with Gasteiger partial charge in [0.2, 0.25) is 5.91 Å². The number of unbranched alkanes of at least 4 members (excludes halogenated alkanes) is 45. The van der Waals surface area contributed by atoms with Gasteiger partial charge < -0.3 is 45.1 Å². The SMILES string of the molecule is CCCCC/C=C\C/C=C\C/C=C\CCCCCCCCCC(O)C(=O)NC(COC1OC(CO)C(O)C(O)C1OC(=O)CCCCCCCCCCCCCCCCCCCCCCCCCCCCC)C(O)/C=C/CCCCCCCCCCC. The summed E-state index contributed by atoms with van der Waals surface area (Å²) in [5, 5.41) is 57.2. The molecule has 0 aromatic heterocycles. The quantitative estimate of drug-likeness (QED) is 0.0195. The summed E-state index contributed by atoms with van der Waals surface area (Å²) in [5.41, 5.74) is 0. The Labute approximate surface area is 536 Å². The van der Waals surface area contributed by atoms with E-state index in [-0.39, 0.29) is 19.4 Å². The van der Waals surface area contributed by atoms with Crippen LogP contribution in [0, 0.1) is 0 Å². The van der Waals surface area contributed by atoms with Gasteiger partial charge in [-0.3, -0.25) is 9.59 Å². The third kappa shape index (κ3) is 50.9. The predicted octanol–water partition coefficient (Wildman–Crippen LogP) is 19.5. The maximum absolute atomic E-state index is 13.5. The van der Waals surface area contributed by atoms with Crippen molar-refractivity contribution < 1.29 is 49.3 Å². The first kappa shape index (κ1) is 82.6. The van der Waals surface area contributed by atoms with Crippen LogP contribution in [0.15, 0.2) is 48.6 Å². The molecule has 8 atom stereocenters. The van der Waals surface area contributed by atoms with E-state index in [0.717, 1.165) is 83.5 Å². The molecular formula is C76H141NO10. The van der Waals surface area contributed by atoms with Gasteiger partial charge in [0.05, 0.1) is 25.4 Å². The summed E-state index contributed by atoms with van der Waals surface area (Å²) in [6, 6.07) is -1.03. The molecule has 11 nitrogen and oxygen atoms in total. The molecule has 0 bridgehead atoms. The van der Waals surface area contributed by atoms with Crippen LogP contribution in [-0.2, 0) is 23.8 Å². The second kappa shape index (κ2) is 63.8. The van der Waals surface area contributed by atoms with Crippen LogP contribution >= 0.6 is 0 Å².